The van der Waals surface area contributed by atoms with E-state index in [-0.39, 0.29) is 22.8 Å². The van der Waals surface area contributed by atoms with Crippen LogP contribution in [0.2, 0.25) is 0 Å². The highest BCUT2D eigenvalue weighted by molar-refractivity contribution is 7.89. The van der Waals surface area contributed by atoms with E-state index >= 15 is 0 Å². The first-order valence-corrected chi connectivity index (χ1v) is 9.62. The zero-order valence-corrected chi connectivity index (χ0v) is 15.3. The second-order valence-corrected chi connectivity index (χ2v) is 7.94. The number of carbonyl (C=O) groups excluding carboxylic acids is 1. The third-order valence-corrected chi connectivity index (χ3v) is 6.25. The van der Waals surface area contributed by atoms with Crippen LogP contribution in [0.25, 0.3) is 0 Å². The lowest BCUT2D eigenvalue weighted by atomic mass is 9.97. The summed E-state index contributed by atoms with van der Waals surface area (Å²) in [7, 11) is -4.04. The van der Waals surface area contributed by atoms with Gasteiger partial charge >= 0.3 is 5.97 Å². The predicted octanol–water partition coefficient (Wildman–Crippen LogP) is 0.862. The van der Waals surface area contributed by atoms with Crippen molar-refractivity contribution in [2.24, 2.45) is 0 Å². The molecular weight excluding hydrogens is 350 g/mol. The quantitative estimate of drug-likeness (QED) is 0.644. The van der Waals surface area contributed by atoms with Crippen LogP contribution in [0.15, 0.2) is 9.42 Å². The molecule has 1 unspecified atom stereocenters. The maximum Gasteiger partial charge on any atom is 0.326 e. The molecule has 1 saturated carbocycles. The van der Waals surface area contributed by atoms with Crippen LogP contribution in [0.4, 0.5) is 0 Å². The van der Waals surface area contributed by atoms with Crippen LogP contribution < -0.4 is 10.0 Å². The van der Waals surface area contributed by atoms with Crippen molar-refractivity contribution < 1.29 is 27.6 Å². The highest BCUT2D eigenvalue weighted by atomic mass is 32.2. The molecule has 3 N–H and O–H groups in total. The summed E-state index contributed by atoms with van der Waals surface area (Å²) < 4.78 is 33.0. The largest absolute Gasteiger partial charge is 0.480 e. The molecule has 1 atom stereocenters. The smallest absolute Gasteiger partial charge is 0.326 e. The third-order valence-electron chi connectivity index (χ3n) is 4.47. The van der Waals surface area contributed by atoms with Gasteiger partial charge in [0, 0.05) is 0 Å². The molecule has 1 aromatic heterocycles. The summed E-state index contributed by atoms with van der Waals surface area (Å²) in [6, 6.07) is -1.06. The number of carbonyl (C=O) groups is 2. The number of sulfonamides is 1. The molecule has 0 bridgehead atoms. The van der Waals surface area contributed by atoms with Gasteiger partial charge in [-0.1, -0.05) is 24.9 Å². The second kappa shape index (κ2) is 7.12. The molecule has 1 amide bonds. The standard InChI is InChI=1S/C15H23N3O6S/c1-4-11(13(19)20)16-14(21)15(7-5-6-8-15)18-25(22,23)12-9(2)17-24-10(12)3/h11,18H,4-8H2,1-3H3,(H,16,21)(H,19,20). The first kappa shape index (κ1) is 19.4. The van der Waals surface area contributed by atoms with E-state index in [1.165, 1.54) is 13.8 Å². The molecule has 2 rings (SSSR count). The molecule has 1 aliphatic rings. The van der Waals surface area contributed by atoms with Gasteiger partial charge in [0.25, 0.3) is 0 Å². The van der Waals surface area contributed by atoms with E-state index in [9.17, 15) is 18.0 Å². The summed E-state index contributed by atoms with van der Waals surface area (Å²) in [6.45, 7) is 4.62. The number of hydrogen-bond donors (Lipinski definition) is 3. The number of carboxylic acids is 1. The number of nitrogens with one attached hydrogen (secondary N) is 2. The number of nitrogens with zero attached hydrogens (tertiary/aromatic N) is 1. The van der Waals surface area contributed by atoms with Gasteiger partial charge in [-0.15, -0.1) is 0 Å². The van der Waals surface area contributed by atoms with Gasteiger partial charge in [0.2, 0.25) is 15.9 Å². The van der Waals surface area contributed by atoms with Gasteiger partial charge in [-0.2, -0.15) is 4.72 Å². The van der Waals surface area contributed by atoms with Crippen molar-refractivity contribution in [3.63, 3.8) is 0 Å². The Morgan fingerprint density at radius 3 is 2.36 bits per heavy atom. The van der Waals surface area contributed by atoms with Gasteiger partial charge < -0.3 is 14.9 Å². The van der Waals surface area contributed by atoms with E-state index < -0.39 is 33.5 Å². The molecule has 140 valence electrons. The summed E-state index contributed by atoms with van der Waals surface area (Å²) in [6.07, 6.45) is 2.14. The van der Waals surface area contributed by atoms with Crippen LogP contribution in [0.5, 0.6) is 0 Å². The second-order valence-electron chi connectivity index (χ2n) is 6.32. The van der Waals surface area contributed by atoms with Crippen LogP contribution in [0.1, 0.15) is 50.5 Å². The monoisotopic (exact) mass is 373 g/mol. The SMILES string of the molecule is CCC(NC(=O)C1(NS(=O)(=O)c2c(C)noc2C)CCCC1)C(=O)O. The van der Waals surface area contributed by atoms with Crippen LogP contribution in [-0.4, -0.2) is 42.1 Å². The van der Waals surface area contributed by atoms with E-state index in [0.717, 1.165) is 0 Å². The number of rotatable bonds is 7. The average Bonchev–Trinajstić information content (AvgIpc) is 3.11. The fourth-order valence-electron chi connectivity index (χ4n) is 3.16. The number of amides is 1. The van der Waals surface area contributed by atoms with E-state index in [0.29, 0.717) is 25.7 Å². The number of aromatic nitrogens is 1. The van der Waals surface area contributed by atoms with Gasteiger partial charge in [0.05, 0.1) is 0 Å². The lowest BCUT2D eigenvalue weighted by Gasteiger charge is -2.29. The van der Waals surface area contributed by atoms with Crippen molar-refractivity contribution in [1.29, 1.82) is 0 Å². The van der Waals surface area contributed by atoms with Crippen molar-refractivity contribution in [3.05, 3.63) is 11.5 Å². The summed E-state index contributed by atoms with van der Waals surface area (Å²) >= 11 is 0. The van der Waals surface area contributed by atoms with Crippen LogP contribution in [0, 0.1) is 13.8 Å². The molecule has 1 aliphatic carbocycles. The van der Waals surface area contributed by atoms with Crippen LogP contribution in [-0.2, 0) is 19.6 Å². The first-order valence-electron chi connectivity index (χ1n) is 8.13. The number of aliphatic carboxylic acids is 1. The number of aryl methyl sites for hydroxylation is 2. The number of carboxylic acid groups (broad SMARTS) is 1. The lowest BCUT2D eigenvalue weighted by Crippen LogP contribution is -2.59. The highest BCUT2D eigenvalue weighted by Crippen LogP contribution is 2.32. The van der Waals surface area contributed by atoms with Gasteiger partial charge in [-0.05, 0) is 33.1 Å². The summed E-state index contributed by atoms with van der Waals surface area (Å²) in [5, 5.41) is 15.2. The van der Waals surface area contributed by atoms with Crippen molar-refractivity contribution in [2.45, 2.75) is 69.4 Å². The van der Waals surface area contributed by atoms with Gasteiger partial charge in [0.1, 0.15) is 22.2 Å². The summed E-state index contributed by atoms with van der Waals surface area (Å²) in [5.74, 6) is -1.64. The minimum Gasteiger partial charge on any atom is -0.480 e. The Hall–Kier alpha value is -1.94. The first-order chi connectivity index (χ1) is 11.6. The van der Waals surface area contributed by atoms with E-state index in [4.69, 9.17) is 9.63 Å². The molecule has 0 saturated heterocycles. The Morgan fingerprint density at radius 2 is 1.92 bits per heavy atom. The van der Waals surface area contributed by atoms with Crippen molar-refractivity contribution >= 4 is 21.9 Å². The van der Waals surface area contributed by atoms with E-state index in [1.807, 2.05) is 0 Å². The highest BCUT2D eigenvalue weighted by Gasteiger charge is 2.46. The van der Waals surface area contributed by atoms with Crippen LogP contribution in [0.3, 0.4) is 0 Å². The molecule has 1 fully saturated rings. The van der Waals surface area contributed by atoms with Crippen molar-refractivity contribution in [1.82, 2.24) is 15.2 Å². The van der Waals surface area contributed by atoms with Crippen molar-refractivity contribution in [3.8, 4) is 0 Å². The normalized spacial score (nSPS) is 18.0. The Labute approximate surface area is 146 Å². The van der Waals surface area contributed by atoms with Crippen LogP contribution >= 0.6 is 0 Å². The Bertz CT molecular complexity index is 745. The van der Waals surface area contributed by atoms with Gasteiger partial charge in [-0.25, -0.2) is 13.2 Å². The van der Waals surface area contributed by atoms with E-state index in [1.54, 1.807) is 6.92 Å². The zero-order chi connectivity index (χ0) is 18.8. The maximum atomic E-state index is 12.8. The molecule has 1 heterocycles. The Morgan fingerprint density at radius 1 is 1.32 bits per heavy atom. The molecule has 25 heavy (non-hydrogen) atoms. The molecule has 9 nitrogen and oxygen atoms in total. The summed E-state index contributed by atoms with van der Waals surface area (Å²) in [4.78, 5) is 23.8. The molecule has 0 spiro atoms. The number of hydrogen-bond acceptors (Lipinski definition) is 6. The molecule has 0 aromatic carbocycles. The minimum atomic E-state index is -4.04. The zero-order valence-electron chi connectivity index (χ0n) is 14.5. The summed E-state index contributed by atoms with van der Waals surface area (Å²) in [5.41, 5.74) is -1.16. The minimum absolute atomic E-state index is 0.0862. The van der Waals surface area contributed by atoms with Gasteiger partial charge in [-0.3, -0.25) is 4.79 Å². The predicted molar refractivity (Wildman–Crippen MR) is 87.4 cm³/mol. The fourth-order valence-corrected chi connectivity index (χ4v) is 4.91. The van der Waals surface area contributed by atoms with Gasteiger partial charge in [0.15, 0.2) is 5.76 Å². The topological polar surface area (TPSA) is 139 Å². The molecule has 10 heteroatoms. The Kier molecular flexibility index (Phi) is 5.52. The average molecular weight is 373 g/mol. The Balaban J connectivity index is 2.31. The van der Waals surface area contributed by atoms with Crippen molar-refractivity contribution in [2.75, 3.05) is 0 Å². The lowest BCUT2D eigenvalue weighted by molar-refractivity contribution is -0.142. The molecular formula is C15H23N3O6S. The molecule has 0 radical (unpaired) electrons. The molecule has 1 aromatic rings. The molecule has 0 aliphatic heterocycles. The maximum absolute atomic E-state index is 12.8. The fraction of sp³-hybridized carbons (Fsp3) is 0.667. The van der Waals surface area contributed by atoms with E-state index in [2.05, 4.69) is 15.2 Å². The third kappa shape index (κ3) is 3.84.